The van der Waals surface area contributed by atoms with Gasteiger partial charge in [-0.15, -0.1) is 11.8 Å². The number of hydrogen-bond acceptors (Lipinski definition) is 2. The van der Waals surface area contributed by atoms with Gasteiger partial charge in [0.05, 0.1) is 5.56 Å². The van der Waals surface area contributed by atoms with Gasteiger partial charge in [0.2, 0.25) is 0 Å². The summed E-state index contributed by atoms with van der Waals surface area (Å²) in [5.74, 6) is 0.0765. The standard InChI is InChI=1S/C10H11BrO2S/c1-2-5-14-9-6-7(11)3-4-8(9)10(12)13/h3-4,6H,2,5H2,1H3,(H,12,13). The van der Waals surface area contributed by atoms with Crippen molar-refractivity contribution in [3.63, 3.8) is 0 Å². The molecule has 0 unspecified atom stereocenters. The Labute approximate surface area is 95.8 Å². The molecule has 14 heavy (non-hydrogen) atoms. The molecule has 1 aromatic rings. The van der Waals surface area contributed by atoms with Crippen LogP contribution in [-0.4, -0.2) is 16.8 Å². The third-order valence-electron chi connectivity index (χ3n) is 1.64. The van der Waals surface area contributed by atoms with E-state index in [1.807, 2.05) is 6.07 Å². The lowest BCUT2D eigenvalue weighted by atomic mass is 10.2. The van der Waals surface area contributed by atoms with Gasteiger partial charge >= 0.3 is 5.97 Å². The Hall–Kier alpha value is -0.480. The number of rotatable bonds is 4. The van der Waals surface area contributed by atoms with Gasteiger partial charge in [0.1, 0.15) is 0 Å². The van der Waals surface area contributed by atoms with Gasteiger partial charge in [-0.2, -0.15) is 0 Å². The summed E-state index contributed by atoms with van der Waals surface area (Å²) < 4.78 is 0.918. The molecule has 0 spiro atoms. The van der Waals surface area contributed by atoms with E-state index < -0.39 is 5.97 Å². The van der Waals surface area contributed by atoms with E-state index in [0.717, 1.165) is 21.5 Å². The van der Waals surface area contributed by atoms with Crippen LogP contribution in [0.25, 0.3) is 0 Å². The molecule has 0 amide bonds. The first-order valence-electron chi connectivity index (χ1n) is 4.30. The molecule has 0 aliphatic heterocycles. The largest absolute Gasteiger partial charge is 0.478 e. The van der Waals surface area contributed by atoms with Crippen molar-refractivity contribution in [3.05, 3.63) is 28.2 Å². The van der Waals surface area contributed by atoms with Crippen molar-refractivity contribution < 1.29 is 9.90 Å². The highest BCUT2D eigenvalue weighted by Gasteiger charge is 2.09. The van der Waals surface area contributed by atoms with Gasteiger partial charge in [-0.1, -0.05) is 22.9 Å². The average molecular weight is 275 g/mol. The van der Waals surface area contributed by atoms with Gasteiger partial charge in [-0.05, 0) is 30.4 Å². The average Bonchev–Trinajstić information content (AvgIpc) is 2.14. The number of aromatic carboxylic acids is 1. The Kier molecular flexibility index (Phi) is 4.48. The summed E-state index contributed by atoms with van der Waals surface area (Å²) in [6.07, 6.45) is 1.04. The maximum atomic E-state index is 10.9. The number of thioether (sulfide) groups is 1. The predicted molar refractivity (Wildman–Crippen MR) is 62.1 cm³/mol. The zero-order valence-corrected chi connectivity index (χ0v) is 10.2. The maximum Gasteiger partial charge on any atom is 0.336 e. The first-order valence-corrected chi connectivity index (χ1v) is 6.08. The molecule has 0 aliphatic carbocycles. The van der Waals surface area contributed by atoms with E-state index in [0.29, 0.717) is 5.56 Å². The van der Waals surface area contributed by atoms with Gasteiger partial charge in [0.25, 0.3) is 0 Å². The fourth-order valence-electron chi connectivity index (χ4n) is 1.00. The van der Waals surface area contributed by atoms with Crippen LogP contribution in [0.2, 0.25) is 0 Å². The fourth-order valence-corrected chi connectivity index (χ4v) is 2.46. The Morgan fingerprint density at radius 3 is 2.86 bits per heavy atom. The van der Waals surface area contributed by atoms with E-state index in [1.165, 1.54) is 0 Å². The van der Waals surface area contributed by atoms with Crippen molar-refractivity contribution in [2.75, 3.05) is 5.75 Å². The second kappa shape index (κ2) is 5.41. The fraction of sp³-hybridized carbons (Fsp3) is 0.300. The van der Waals surface area contributed by atoms with Gasteiger partial charge < -0.3 is 5.11 Å². The number of carbonyl (C=O) groups is 1. The quantitative estimate of drug-likeness (QED) is 0.852. The van der Waals surface area contributed by atoms with Crippen LogP contribution >= 0.6 is 27.7 Å². The molecule has 0 bridgehead atoms. The molecule has 0 heterocycles. The minimum Gasteiger partial charge on any atom is -0.478 e. The molecular formula is C10H11BrO2S. The first-order chi connectivity index (χ1) is 6.65. The van der Waals surface area contributed by atoms with Gasteiger partial charge in [-0.25, -0.2) is 4.79 Å². The molecular weight excluding hydrogens is 264 g/mol. The van der Waals surface area contributed by atoms with Crippen LogP contribution < -0.4 is 0 Å². The van der Waals surface area contributed by atoms with E-state index in [4.69, 9.17) is 5.11 Å². The van der Waals surface area contributed by atoms with E-state index >= 15 is 0 Å². The predicted octanol–water partition coefficient (Wildman–Crippen LogP) is 3.65. The minimum atomic E-state index is -0.865. The van der Waals surface area contributed by atoms with Gasteiger partial charge in [-0.3, -0.25) is 0 Å². The number of carboxylic acid groups (broad SMARTS) is 1. The Morgan fingerprint density at radius 1 is 1.57 bits per heavy atom. The van der Waals surface area contributed by atoms with Crippen LogP contribution in [0.3, 0.4) is 0 Å². The molecule has 0 fully saturated rings. The Balaban J connectivity index is 2.97. The molecule has 4 heteroatoms. The summed E-state index contributed by atoms with van der Waals surface area (Å²) in [6, 6.07) is 5.23. The van der Waals surface area contributed by atoms with E-state index in [2.05, 4.69) is 22.9 Å². The molecule has 1 rings (SSSR count). The lowest BCUT2D eigenvalue weighted by Crippen LogP contribution is -1.98. The van der Waals surface area contributed by atoms with Gasteiger partial charge in [0, 0.05) is 9.37 Å². The van der Waals surface area contributed by atoms with E-state index in [9.17, 15) is 4.79 Å². The highest BCUT2D eigenvalue weighted by molar-refractivity contribution is 9.10. The van der Waals surface area contributed by atoms with Crippen molar-refractivity contribution in [2.24, 2.45) is 0 Å². The third-order valence-corrected chi connectivity index (χ3v) is 3.39. The lowest BCUT2D eigenvalue weighted by molar-refractivity contribution is 0.0693. The van der Waals surface area contributed by atoms with Crippen LogP contribution in [0.5, 0.6) is 0 Å². The minimum absolute atomic E-state index is 0.381. The number of halogens is 1. The molecule has 0 radical (unpaired) electrons. The van der Waals surface area contributed by atoms with Crippen LogP contribution in [0.15, 0.2) is 27.6 Å². The first kappa shape index (κ1) is 11.6. The lowest BCUT2D eigenvalue weighted by Gasteiger charge is -2.05. The van der Waals surface area contributed by atoms with Crippen molar-refractivity contribution in [3.8, 4) is 0 Å². The molecule has 0 saturated heterocycles. The van der Waals surface area contributed by atoms with Crippen LogP contribution in [0.4, 0.5) is 0 Å². The Morgan fingerprint density at radius 2 is 2.29 bits per heavy atom. The molecule has 0 aliphatic rings. The molecule has 2 nitrogen and oxygen atoms in total. The normalized spacial score (nSPS) is 10.1. The van der Waals surface area contributed by atoms with Crippen molar-refractivity contribution >= 4 is 33.7 Å². The van der Waals surface area contributed by atoms with Crippen molar-refractivity contribution in [1.82, 2.24) is 0 Å². The summed E-state index contributed by atoms with van der Waals surface area (Å²) in [5, 5.41) is 8.93. The third kappa shape index (κ3) is 3.03. The summed E-state index contributed by atoms with van der Waals surface area (Å²) >= 11 is 4.91. The van der Waals surface area contributed by atoms with Crippen LogP contribution in [0, 0.1) is 0 Å². The van der Waals surface area contributed by atoms with Crippen molar-refractivity contribution in [1.29, 1.82) is 0 Å². The van der Waals surface area contributed by atoms with E-state index in [-0.39, 0.29) is 0 Å². The molecule has 1 aromatic carbocycles. The second-order valence-corrected chi connectivity index (χ2v) is 4.85. The summed E-state index contributed by atoms with van der Waals surface area (Å²) in [4.78, 5) is 11.7. The number of benzene rings is 1. The number of carboxylic acids is 1. The van der Waals surface area contributed by atoms with Crippen LogP contribution in [0.1, 0.15) is 23.7 Å². The SMILES string of the molecule is CCCSc1cc(Br)ccc1C(=O)O. The highest BCUT2D eigenvalue weighted by Crippen LogP contribution is 2.26. The zero-order valence-electron chi connectivity index (χ0n) is 7.79. The van der Waals surface area contributed by atoms with Crippen molar-refractivity contribution in [2.45, 2.75) is 18.2 Å². The topological polar surface area (TPSA) is 37.3 Å². The van der Waals surface area contributed by atoms with E-state index in [1.54, 1.807) is 23.9 Å². The monoisotopic (exact) mass is 274 g/mol. The maximum absolute atomic E-state index is 10.9. The molecule has 76 valence electrons. The second-order valence-electron chi connectivity index (χ2n) is 2.79. The molecule has 0 atom stereocenters. The molecule has 1 N–H and O–H groups in total. The number of hydrogen-bond donors (Lipinski definition) is 1. The smallest absolute Gasteiger partial charge is 0.336 e. The molecule has 0 aromatic heterocycles. The molecule has 0 saturated carbocycles. The summed E-state index contributed by atoms with van der Waals surface area (Å²) in [7, 11) is 0. The highest BCUT2D eigenvalue weighted by atomic mass is 79.9. The van der Waals surface area contributed by atoms with Crippen LogP contribution in [-0.2, 0) is 0 Å². The summed E-state index contributed by atoms with van der Waals surface area (Å²) in [6.45, 7) is 2.07. The zero-order chi connectivity index (χ0) is 10.6. The van der Waals surface area contributed by atoms with Gasteiger partial charge in [0.15, 0.2) is 0 Å². The summed E-state index contributed by atoms with van der Waals surface area (Å²) in [5.41, 5.74) is 0.381. The Bertz CT molecular complexity index is 339.